The molecule has 50 heavy (non-hydrogen) atoms. The van der Waals surface area contributed by atoms with E-state index in [1.807, 2.05) is 0 Å². The monoisotopic (exact) mass is 635 g/mol. The molecule has 0 bridgehead atoms. The summed E-state index contributed by atoms with van der Waals surface area (Å²) < 4.78 is 4.71. The molecule has 0 atom stereocenters. The molecule has 0 amide bonds. The zero-order chi connectivity index (χ0) is 32.8. The minimum atomic E-state index is 0.996. The van der Waals surface area contributed by atoms with Crippen molar-refractivity contribution in [2.75, 3.05) is 0 Å². The van der Waals surface area contributed by atoms with Crippen LogP contribution in [0.25, 0.3) is 98.9 Å². The number of pyridine rings is 1. The molecule has 0 unspecified atom stereocenters. The van der Waals surface area contributed by atoms with Gasteiger partial charge in [-0.3, -0.25) is 4.40 Å². The lowest BCUT2D eigenvalue weighted by molar-refractivity contribution is 1.18. The van der Waals surface area contributed by atoms with Crippen LogP contribution in [0.1, 0.15) is 0 Å². The highest BCUT2D eigenvalue weighted by molar-refractivity contribution is 6.18. The Hall–Kier alpha value is -6.71. The summed E-state index contributed by atoms with van der Waals surface area (Å²) >= 11 is 0. The van der Waals surface area contributed by atoms with Crippen LogP contribution in [0.2, 0.25) is 0 Å². The smallest absolute Gasteiger partial charge is 0.146 e. The summed E-state index contributed by atoms with van der Waals surface area (Å²) in [5.41, 5.74) is 12.7. The molecule has 3 aromatic heterocycles. The van der Waals surface area contributed by atoms with Crippen LogP contribution in [0.15, 0.2) is 176 Å². The molecule has 0 fully saturated rings. The highest BCUT2D eigenvalue weighted by atomic mass is 15.0. The molecule has 3 heteroatoms. The Labute approximate surface area is 287 Å². The Balaban J connectivity index is 1.06. The van der Waals surface area contributed by atoms with Gasteiger partial charge in [0, 0.05) is 27.2 Å². The maximum Gasteiger partial charge on any atom is 0.146 e. The number of nitrogens with zero attached hydrogens (tertiary/aromatic N) is 3. The van der Waals surface area contributed by atoms with E-state index in [9.17, 15) is 0 Å². The van der Waals surface area contributed by atoms with Gasteiger partial charge in [-0.25, -0.2) is 4.98 Å². The molecule has 0 aliphatic heterocycles. The highest BCUT2D eigenvalue weighted by Crippen LogP contribution is 2.38. The van der Waals surface area contributed by atoms with Crippen molar-refractivity contribution in [3.05, 3.63) is 176 Å². The number of para-hydroxylation sites is 4. The van der Waals surface area contributed by atoms with Crippen LogP contribution in [0, 0.1) is 0 Å². The Morgan fingerprint density at radius 2 is 0.920 bits per heavy atom. The van der Waals surface area contributed by atoms with Crippen molar-refractivity contribution >= 4 is 70.9 Å². The molecule has 0 radical (unpaired) electrons. The van der Waals surface area contributed by atoms with Crippen LogP contribution in [0.4, 0.5) is 0 Å². The summed E-state index contributed by atoms with van der Waals surface area (Å²) in [5, 5.41) is 8.62. The summed E-state index contributed by atoms with van der Waals surface area (Å²) in [7, 11) is 0. The number of hydrogen-bond donors (Lipinski definition) is 0. The van der Waals surface area contributed by atoms with Crippen molar-refractivity contribution in [1.82, 2.24) is 14.0 Å². The van der Waals surface area contributed by atoms with Crippen molar-refractivity contribution in [1.29, 1.82) is 0 Å². The zero-order valence-electron chi connectivity index (χ0n) is 27.1. The van der Waals surface area contributed by atoms with Gasteiger partial charge in [0.1, 0.15) is 5.65 Å². The second-order valence-electron chi connectivity index (χ2n) is 13.2. The van der Waals surface area contributed by atoms with Gasteiger partial charge in [0.25, 0.3) is 0 Å². The number of aromatic nitrogens is 3. The summed E-state index contributed by atoms with van der Waals surface area (Å²) in [5.74, 6) is 0. The first-order valence-electron chi connectivity index (χ1n) is 17.1. The second-order valence-corrected chi connectivity index (χ2v) is 13.2. The van der Waals surface area contributed by atoms with E-state index in [0.29, 0.717) is 0 Å². The molecule has 0 aliphatic carbocycles. The highest BCUT2D eigenvalue weighted by Gasteiger charge is 2.16. The maximum atomic E-state index is 5.17. The molecular formula is C47H29N3. The van der Waals surface area contributed by atoms with Crippen LogP contribution >= 0.6 is 0 Å². The van der Waals surface area contributed by atoms with Gasteiger partial charge in [0.15, 0.2) is 0 Å². The molecule has 0 saturated carbocycles. The third-order valence-electron chi connectivity index (χ3n) is 10.5. The van der Waals surface area contributed by atoms with Crippen molar-refractivity contribution in [2.24, 2.45) is 0 Å². The first-order chi connectivity index (χ1) is 24.8. The molecular weight excluding hydrogens is 607 g/mol. The van der Waals surface area contributed by atoms with Gasteiger partial charge < -0.3 is 4.57 Å². The average molecular weight is 636 g/mol. The van der Waals surface area contributed by atoms with E-state index in [0.717, 1.165) is 16.7 Å². The number of fused-ring (bicyclic) bond motifs is 12. The number of benzene rings is 8. The minimum absolute atomic E-state index is 0.996. The molecule has 11 aromatic rings. The first kappa shape index (κ1) is 27.3. The van der Waals surface area contributed by atoms with Crippen molar-refractivity contribution in [2.45, 2.75) is 0 Å². The standard InChI is InChI=1S/C47H29N3/c1-2-12-36(13-3-1)49-43-16-8-6-14-37(43)40-27-34(23-25-44(40)49)30-18-20-31(21-19-30)35-22-24-38-39-26-32-10-4-5-11-33(32)28-41(39)47-48-42-15-7-9-17-45(42)50(47)46(38)29-35/h1-29H. The van der Waals surface area contributed by atoms with Gasteiger partial charge in [-0.15, -0.1) is 0 Å². The van der Waals surface area contributed by atoms with E-state index in [2.05, 4.69) is 185 Å². The Morgan fingerprint density at radius 1 is 0.340 bits per heavy atom. The van der Waals surface area contributed by atoms with Crippen LogP contribution in [0.3, 0.4) is 0 Å². The molecule has 3 nitrogen and oxygen atoms in total. The van der Waals surface area contributed by atoms with Crippen LogP contribution < -0.4 is 0 Å². The normalized spacial score (nSPS) is 12.0. The Bertz CT molecular complexity index is 3130. The maximum absolute atomic E-state index is 5.17. The summed E-state index contributed by atoms with van der Waals surface area (Å²) in [4.78, 5) is 5.17. The van der Waals surface area contributed by atoms with Gasteiger partial charge in [0.05, 0.1) is 27.6 Å². The van der Waals surface area contributed by atoms with Crippen molar-refractivity contribution < 1.29 is 0 Å². The predicted molar refractivity (Wildman–Crippen MR) is 210 cm³/mol. The molecule has 3 heterocycles. The third-order valence-corrected chi connectivity index (χ3v) is 10.5. The molecule has 11 rings (SSSR count). The third kappa shape index (κ3) is 3.95. The molecule has 0 spiro atoms. The van der Waals surface area contributed by atoms with Crippen LogP contribution in [0.5, 0.6) is 0 Å². The Morgan fingerprint density at radius 3 is 1.72 bits per heavy atom. The number of hydrogen-bond acceptors (Lipinski definition) is 1. The van der Waals surface area contributed by atoms with Gasteiger partial charge in [-0.05, 0) is 99.1 Å². The fraction of sp³-hybridized carbons (Fsp3) is 0. The summed E-state index contributed by atoms with van der Waals surface area (Å²) in [6.07, 6.45) is 0. The van der Waals surface area contributed by atoms with E-state index >= 15 is 0 Å². The number of imidazole rings is 1. The molecule has 0 saturated heterocycles. The largest absolute Gasteiger partial charge is 0.309 e. The van der Waals surface area contributed by atoms with E-state index in [1.54, 1.807) is 0 Å². The van der Waals surface area contributed by atoms with E-state index in [4.69, 9.17) is 4.98 Å². The first-order valence-corrected chi connectivity index (χ1v) is 17.1. The molecule has 232 valence electrons. The molecule has 0 aliphatic rings. The minimum Gasteiger partial charge on any atom is -0.309 e. The zero-order valence-corrected chi connectivity index (χ0v) is 27.1. The lowest BCUT2D eigenvalue weighted by atomic mass is 9.96. The van der Waals surface area contributed by atoms with Gasteiger partial charge in [-0.2, -0.15) is 0 Å². The topological polar surface area (TPSA) is 22.2 Å². The van der Waals surface area contributed by atoms with Crippen LogP contribution in [-0.2, 0) is 0 Å². The van der Waals surface area contributed by atoms with Crippen molar-refractivity contribution in [3.63, 3.8) is 0 Å². The second kappa shape index (κ2) is 10.4. The van der Waals surface area contributed by atoms with Gasteiger partial charge in [-0.1, -0.05) is 115 Å². The number of rotatable bonds is 3. The quantitative estimate of drug-likeness (QED) is 0.140. The van der Waals surface area contributed by atoms with E-state index < -0.39 is 0 Å². The van der Waals surface area contributed by atoms with E-state index in [1.165, 1.54) is 82.2 Å². The fourth-order valence-corrected chi connectivity index (χ4v) is 8.09. The van der Waals surface area contributed by atoms with Crippen molar-refractivity contribution in [3.8, 4) is 27.9 Å². The van der Waals surface area contributed by atoms with Gasteiger partial charge >= 0.3 is 0 Å². The molecule has 8 aromatic carbocycles. The lowest BCUT2D eigenvalue weighted by Crippen LogP contribution is -1.93. The SMILES string of the molecule is c1ccc(-n2c3ccccc3c3cc(-c4ccc(-c5ccc6c7cc8ccccc8cc7c7nc8ccccc8n7c6c5)cc4)ccc32)cc1. The van der Waals surface area contributed by atoms with Gasteiger partial charge in [0.2, 0.25) is 0 Å². The average Bonchev–Trinajstić information content (AvgIpc) is 3.74. The predicted octanol–water partition coefficient (Wildman–Crippen LogP) is 12.4. The van der Waals surface area contributed by atoms with E-state index in [-0.39, 0.29) is 0 Å². The fourth-order valence-electron chi connectivity index (χ4n) is 8.09. The van der Waals surface area contributed by atoms with Crippen LogP contribution in [-0.4, -0.2) is 14.0 Å². The molecule has 0 N–H and O–H groups in total. The summed E-state index contributed by atoms with van der Waals surface area (Å²) in [6, 6.07) is 63.8. The Kier molecular flexibility index (Phi) is 5.67. The summed E-state index contributed by atoms with van der Waals surface area (Å²) in [6.45, 7) is 0. The lowest BCUT2D eigenvalue weighted by Gasteiger charge is -2.13.